The number of aryl methyl sites for hydroxylation is 1. The van der Waals surface area contributed by atoms with E-state index in [-0.39, 0.29) is 0 Å². The number of imidazole rings is 1. The van der Waals surface area contributed by atoms with Crippen molar-refractivity contribution >= 4 is 19.4 Å². The highest BCUT2D eigenvalue weighted by Crippen LogP contribution is 2.18. The van der Waals surface area contributed by atoms with Crippen molar-refractivity contribution < 1.29 is 4.57 Å². The van der Waals surface area contributed by atoms with E-state index in [1.54, 1.807) is 0 Å². The van der Waals surface area contributed by atoms with Gasteiger partial charge in [-0.3, -0.25) is 4.90 Å². The Balaban J connectivity index is 1.42. The van der Waals surface area contributed by atoms with E-state index in [4.69, 9.17) is 5.73 Å². The van der Waals surface area contributed by atoms with Gasteiger partial charge in [0, 0.05) is 52.2 Å². The lowest BCUT2D eigenvalue weighted by atomic mass is 10.2. The molecule has 1 aromatic carbocycles. The Morgan fingerprint density at radius 2 is 1.79 bits per heavy atom. The van der Waals surface area contributed by atoms with Crippen molar-refractivity contribution in [1.82, 2.24) is 9.47 Å². The van der Waals surface area contributed by atoms with Crippen molar-refractivity contribution in [3.8, 4) is 0 Å². The highest BCUT2D eigenvalue weighted by molar-refractivity contribution is 6.76. The lowest BCUT2D eigenvalue weighted by molar-refractivity contribution is -0.696. The van der Waals surface area contributed by atoms with Crippen LogP contribution in [0.15, 0.2) is 43.0 Å². The molecule has 0 aliphatic carbocycles. The number of hydrogen-bond donors (Lipinski definition) is 1. The number of nitrogens with two attached hydrogens (primary N) is 1. The van der Waals surface area contributed by atoms with Crippen LogP contribution in [0.5, 0.6) is 0 Å². The molecule has 2 heterocycles. The molecular formula is C22H38N5Si+. The highest BCUT2D eigenvalue weighted by Gasteiger charge is 2.16. The van der Waals surface area contributed by atoms with Gasteiger partial charge in [0.15, 0.2) is 0 Å². The molecule has 0 unspecified atom stereocenters. The Kier molecular flexibility index (Phi) is 7.18. The summed E-state index contributed by atoms with van der Waals surface area (Å²) in [6, 6.07) is 9.70. The summed E-state index contributed by atoms with van der Waals surface area (Å²) in [5.41, 5.74) is 7.95. The van der Waals surface area contributed by atoms with Gasteiger partial charge in [-0.1, -0.05) is 25.7 Å². The molecule has 2 aromatic rings. The summed E-state index contributed by atoms with van der Waals surface area (Å²) in [5.74, 6) is 0. The predicted molar refractivity (Wildman–Crippen MR) is 122 cm³/mol. The average molecular weight is 401 g/mol. The molecule has 3 rings (SSSR count). The third-order valence-corrected chi connectivity index (χ3v) is 7.46. The van der Waals surface area contributed by atoms with E-state index in [1.165, 1.54) is 31.1 Å². The summed E-state index contributed by atoms with van der Waals surface area (Å²) < 4.78 is 4.70. The highest BCUT2D eigenvalue weighted by atomic mass is 28.3. The summed E-state index contributed by atoms with van der Waals surface area (Å²) in [4.78, 5) is 5.09. The van der Waals surface area contributed by atoms with Gasteiger partial charge in [0.25, 0.3) is 0 Å². The van der Waals surface area contributed by atoms with Gasteiger partial charge in [-0.25, -0.2) is 9.13 Å². The van der Waals surface area contributed by atoms with Crippen LogP contribution in [0.1, 0.15) is 12.8 Å². The Bertz CT molecular complexity index is 719. The molecule has 0 bridgehead atoms. The van der Waals surface area contributed by atoms with Crippen LogP contribution in [0.2, 0.25) is 25.7 Å². The van der Waals surface area contributed by atoms with E-state index >= 15 is 0 Å². The van der Waals surface area contributed by atoms with Gasteiger partial charge >= 0.3 is 0 Å². The van der Waals surface area contributed by atoms with E-state index in [2.05, 4.69) is 69.4 Å². The number of hydrogen-bond acceptors (Lipinski definition) is 3. The summed E-state index contributed by atoms with van der Waals surface area (Å²) in [6.07, 6.45) is 9.26. The fourth-order valence-electron chi connectivity index (χ4n) is 3.89. The van der Waals surface area contributed by atoms with Crippen LogP contribution in [0.4, 0.5) is 11.4 Å². The molecule has 0 radical (unpaired) electrons. The van der Waals surface area contributed by atoms with Crippen LogP contribution in [0.25, 0.3) is 0 Å². The fraction of sp³-hybridized carbons (Fsp3) is 0.591. The summed E-state index contributed by atoms with van der Waals surface area (Å²) >= 11 is 0. The smallest absolute Gasteiger partial charge is 0.243 e. The van der Waals surface area contributed by atoms with E-state index < -0.39 is 8.07 Å². The molecule has 1 aliphatic heterocycles. The Morgan fingerprint density at radius 3 is 2.54 bits per heavy atom. The molecule has 1 fully saturated rings. The van der Waals surface area contributed by atoms with Gasteiger partial charge < -0.3 is 10.6 Å². The quantitative estimate of drug-likeness (QED) is 0.420. The van der Waals surface area contributed by atoms with Crippen LogP contribution in [-0.4, -0.2) is 50.3 Å². The molecule has 28 heavy (non-hydrogen) atoms. The Hall–Kier alpha value is -1.79. The monoisotopic (exact) mass is 400 g/mol. The number of rotatable bonds is 8. The van der Waals surface area contributed by atoms with Crippen LogP contribution in [0, 0.1) is 0 Å². The zero-order valence-electron chi connectivity index (χ0n) is 18.0. The van der Waals surface area contributed by atoms with E-state index in [0.29, 0.717) is 0 Å². The number of nitrogens with zero attached hydrogens (tertiary/aromatic N) is 4. The minimum atomic E-state index is -0.917. The average Bonchev–Trinajstić information content (AvgIpc) is 2.95. The maximum atomic E-state index is 5.82. The van der Waals surface area contributed by atoms with E-state index in [0.717, 1.165) is 45.0 Å². The van der Waals surface area contributed by atoms with E-state index in [1.807, 2.05) is 12.1 Å². The number of benzene rings is 1. The molecule has 0 saturated carbocycles. The third kappa shape index (κ3) is 6.67. The van der Waals surface area contributed by atoms with Gasteiger partial charge in [-0.05, 0) is 37.1 Å². The standard InChI is InChI=1S/C22H38N5Si/c1-28(2,3)19-5-11-25-15-16-26(20-25)14-13-24-10-4-12-27(18-17-24)22-8-6-21(23)7-9-22/h6-9,15-16,20H,4-5,10-14,17-19,23H2,1-3H3/q+1. The number of anilines is 2. The lowest BCUT2D eigenvalue weighted by Gasteiger charge is -2.23. The summed E-state index contributed by atoms with van der Waals surface area (Å²) in [6.45, 7) is 15.2. The Labute approximate surface area is 171 Å². The first-order valence-electron chi connectivity index (χ1n) is 10.8. The van der Waals surface area contributed by atoms with Crippen molar-refractivity contribution in [3.05, 3.63) is 43.0 Å². The van der Waals surface area contributed by atoms with Gasteiger partial charge in [-0.15, -0.1) is 0 Å². The largest absolute Gasteiger partial charge is 0.399 e. The zero-order valence-corrected chi connectivity index (χ0v) is 19.0. The van der Waals surface area contributed by atoms with Crippen LogP contribution in [-0.2, 0) is 13.1 Å². The fourth-order valence-corrected chi connectivity index (χ4v) is 5.11. The lowest BCUT2D eigenvalue weighted by Crippen LogP contribution is -2.34. The second-order valence-electron chi connectivity index (χ2n) is 9.33. The number of aromatic nitrogens is 2. The first-order valence-corrected chi connectivity index (χ1v) is 14.5. The predicted octanol–water partition coefficient (Wildman–Crippen LogP) is 3.30. The molecule has 2 N–H and O–H groups in total. The topological polar surface area (TPSA) is 41.3 Å². The van der Waals surface area contributed by atoms with Gasteiger partial charge in [0.05, 0.1) is 6.54 Å². The molecule has 0 atom stereocenters. The molecule has 1 aliphatic rings. The molecule has 1 saturated heterocycles. The molecule has 0 amide bonds. The molecule has 0 spiro atoms. The van der Waals surface area contributed by atoms with Crippen molar-refractivity contribution in [1.29, 1.82) is 0 Å². The zero-order chi connectivity index (χ0) is 20.0. The van der Waals surface area contributed by atoms with Crippen molar-refractivity contribution in [2.45, 2.75) is 51.6 Å². The SMILES string of the molecule is C[Si](C)(C)CCC[n+]1ccn(CCN2CCCN(c3ccc(N)cc3)CC2)c1. The van der Waals surface area contributed by atoms with Gasteiger partial charge in [-0.2, -0.15) is 0 Å². The van der Waals surface area contributed by atoms with Crippen molar-refractivity contribution in [2.24, 2.45) is 0 Å². The first kappa shape index (κ1) is 20.9. The Morgan fingerprint density at radius 1 is 1.00 bits per heavy atom. The normalized spacial score (nSPS) is 16.3. The first-order chi connectivity index (χ1) is 13.4. The van der Waals surface area contributed by atoms with Crippen molar-refractivity contribution in [3.63, 3.8) is 0 Å². The summed E-state index contributed by atoms with van der Waals surface area (Å²) in [7, 11) is -0.917. The maximum Gasteiger partial charge on any atom is 0.243 e. The second kappa shape index (κ2) is 9.61. The van der Waals surface area contributed by atoms with Crippen LogP contribution < -0.4 is 15.2 Å². The van der Waals surface area contributed by atoms with Crippen molar-refractivity contribution in [2.75, 3.05) is 43.4 Å². The minimum Gasteiger partial charge on any atom is -0.399 e. The van der Waals surface area contributed by atoms with E-state index in [9.17, 15) is 0 Å². The summed E-state index contributed by atoms with van der Waals surface area (Å²) in [5, 5.41) is 0. The minimum absolute atomic E-state index is 0.838. The maximum absolute atomic E-state index is 5.82. The molecule has 5 nitrogen and oxygen atoms in total. The third-order valence-electron chi connectivity index (χ3n) is 5.61. The van der Waals surface area contributed by atoms with Gasteiger partial charge in [0.2, 0.25) is 6.33 Å². The molecule has 6 heteroatoms. The second-order valence-corrected chi connectivity index (χ2v) is 14.9. The number of nitrogen functional groups attached to an aromatic ring is 1. The molecule has 1 aromatic heterocycles. The van der Waals surface area contributed by atoms with Crippen LogP contribution in [0.3, 0.4) is 0 Å². The molecule has 154 valence electrons. The van der Waals surface area contributed by atoms with Crippen LogP contribution >= 0.6 is 0 Å². The van der Waals surface area contributed by atoms with Gasteiger partial charge in [0.1, 0.15) is 18.9 Å². The molecular weight excluding hydrogens is 362 g/mol.